The van der Waals surface area contributed by atoms with Crippen molar-refractivity contribution in [2.45, 2.75) is 44.3 Å². The molecule has 0 spiro atoms. The lowest BCUT2D eigenvalue weighted by atomic mass is 9.77. The standard InChI is InChI=1S/C21H18F7N3O4/c1-8-13(10-3-4-11(22)14(23)15(10)34-19(24)25)16(35-20(8,2)21(26,27)28)18(33)31-9-5-6-30-12(7-9)17(29)32/h3-8,13,16,19H,1-2H3,(H2,29,32)(H,30,31,33)/t8-,13+,16+,20+/m0/s1. The van der Waals surface area contributed by atoms with Crippen LogP contribution in [0.1, 0.15) is 35.8 Å². The molecule has 14 heteroatoms. The third-order valence-electron chi connectivity index (χ3n) is 5.85. The van der Waals surface area contributed by atoms with Crippen LogP contribution in [0.2, 0.25) is 0 Å². The second-order valence-corrected chi connectivity index (χ2v) is 7.90. The van der Waals surface area contributed by atoms with E-state index in [1.54, 1.807) is 0 Å². The molecule has 2 aromatic rings. The predicted octanol–water partition coefficient (Wildman–Crippen LogP) is 4.14. The summed E-state index contributed by atoms with van der Waals surface area (Å²) in [7, 11) is 0. The highest BCUT2D eigenvalue weighted by atomic mass is 19.4. The van der Waals surface area contributed by atoms with Gasteiger partial charge in [0.1, 0.15) is 11.8 Å². The van der Waals surface area contributed by atoms with Crippen LogP contribution in [0.15, 0.2) is 30.5 Å². The molecule has 0 aliphatic carbocycles. The molecule has 1 saturated heterocycles. The summed E-state index contributed by atoms with van der Waals surface area (Å²) >= 11 is 0. The fourth-order valence-corrected chi connectivity index (χ4v) is 3.90. The minimum absolute atomic E-state index is 0.0937. The number of primary amides is 1. The summed E-state index contributed by atoms with van der Waals surface area (Å²) in [6.45, 7) is -1.98. The van der Waals surface area contributed by atoms with Crippen LogP contribution in [0, 0.1) is 17.6 Å². The van der Waals surface area contributed by atoms with Gasteiger partial charge in [0.2, 0.25) is 5.82 Å². The van der Waals surface area contributed by atoms with Gasteiger partial charge in [-0.2, -0.15) is 26.3 Å². The lowest BCUT2D eigenvalue weighted by Crippen LogP contribution is -2.47. The number of alkyl halides is 5. The highest BCUT2D eigenvalue weighted by Crippen LogP contribution is 2.55. The van der Waals surface area contributed by atoms with Crippen molar-refractivity contribution < 1.29 is 49.8 Å². The molecule has 2 heterocycles. The highest BCUT2D eigenvalue weighted by Gasteiger charge is 2.66. The molecule has 1 aliphatic heterocycles. The van der Waals surface area contributed by atoms with Gasteiger partial charge in [0.15, 0.2) is 17.2 Å². The van der Waals surface area contributed by atoms with Crippen molar-refractivity contribution in [3.05, 3.63) is 53.4 Å². The number of nitrogens with one attached hydrogen (secondary N) is 1. The van der Waals surface area contributed by atoms with Crippen molar-refractivity contribution in [2.75, 3.05) is 5.32 Å². The summed E-state index contributed by atoms with van der Waals surface area (Å²) in [6, 6.07) is 3.50. The molecule has 1 aromatic carbocycles. The van der Waals surface area contributed by atoms with Gasteiger partial charge in [-0.25, -0.2) is 4.39 Å². The summed E-state index contributed by atoms with van der Waals surface area (Å²) in [5.74, 6) is -10.3. The van der Waals surface area contributed by atoms with E-state index in [2.05, 4.69) is 15.0 Å². The number of benzene rings is 1. The van der Waals surface area contributed by atoms with Crippen molar-refractivity contribution in [1.82, 2.24) is 4.98 Å². The second kappa shape index (κ2) is 9.32. The van der Waals surface area contributed by atoms with Gasteiger partial charge in [-0.05, 0) is 25.1 Å². The first-order valence-corrected chi connectivity index (χ1v) is 9.91. The molecule has 0 radical (unpaired) electrons. The molecule has 2 amide bonds. The maximum atomic E-state index is 14.4. The molecule has 0 saturated carbocycles. The summed E-state index contributed by atoms with van der Waals surface area (Å²) in [4.78, 5) is 28.0. The average molecular weight is 509 g/mol. The number of pyridine rings is 1. The Bertz CT molecular complexity index is 1140. The van der Waals surface area contributed by atoms with Crippen LogP contribution in [-0.4, -0.2) is 41.3 Å². The molecule has 190 valence electrons. The maximum absolute atomic E-state index is 14.4. The SMILES string of the molecule is C[C@H]1[C@H](c2ccc(F)c(F)c2OC(F)F)[C@H](C(=O)Nc2ccnc(C(N)=O)c2)O[C@@]1(C)C(F)(F)F. The van der Waals surface area contributed by atoms with Crippen LogP contribution in [-0.2, 0) is 9.53 Å². The average Bonchev–Trinajstić information content (AvgIpc) is 3.04. The van der Waals surface area contributed by atoms with Crippen LogP contribution in [0.25, 0.3) is 0 Å². The zero-order chi connectivity index (χ0) is 26.3. The van der Waals surface area contributed by atoms with E-state index in [-0.39, 0.29) is 11.4 Å². The number of ether oxygens (including phenoxy) is 2. The summed E-state index contributed by atoms with van der Waals surface area (Å²) in [5.41, 5.74) is 1.14. The zero-order valence-electron chi connectivity index (χ0n) is 18.0. The fourth-order valence-electron chi connectivity index (χ4n) is 3.90. The summed E-state index contributed by atoms with van der Waals surface area (Å²) in [6.07, 6.45) is -5.97. The quantitative estimate of drug-likeness (QED) is 0.570. The Morgan fingerprint density at radius 1 is 1.23 bits per heavy atom. The zero-order valence-corrected chi connectivity index (χ0v) is 18.0. The number of nitrogens with two attached hydrogens (primary N) is 1. The van der Waals surface area contributed by atoms with Crippen LogP contribution >= 0.6 is 0 Å². The molecule has 1 aromatic heterocycles. The molecule has 1 fully saturated rings. The van der Waals surface area contributed by atoms with Crippen LogP contribution < -0.4 is 15.8 Å². The smallest absolute Gasteiger partial charge is 0.417 e. The van der Waals surface area contributed by atoms with Gasteiger partial charge in [-0.1, -0.05) is 13.0 Å². The van der Waals surface area contributed by atoms with Crippen LogP contribution in [0.3, 0.4) is 0 Å². The summed E-state index contributed by atoms with van der Waals surface area (Å²) < 4.78 is 105. The van der Waals surface area contributed by atoms with Gasteiger partial charge in [0.25, 0.3) is 11.8 Å². The van der Waals surface area contributed by atoms with Crippen molar-refractivity contribution >= 4 is 17.5 Å². The number of aromatic nitrogens is 1. The Hall–Kier alpha value is -3.42. The number of hydrogen-bond acceptors (Lipinski definition) is 5. The van der Waals surface area contributed by atoms with E-state index >= 15 is 0 Å². The number of carbonyl (C=O) groups excluding carboxylic acids is 2. The maximum Gasteiger partial charge on any atom is 0.417 e. The third-order valence-corrected chi connectivity index (χ3v) is 5.85. The third kappa shape index (κ3) is 4.88. The van der Waals surface area contributed by atoms with Gasteiger partial charge in [-0.3, -0.25) is 14.6 Å². The van der Waals surface area contributed by atoms with Crippen molar-refractivity contribution in [2.24, 2.45) is 11.7 Å². The number of nitrogens with zero attached hydrogens (tertiary/aromatic N) is 1. The Labute approximate surface area is 193 Å². The molecule has 35 heavy (non-hydrogen) atoms. The lowest BCUT2D eigenvalue weighted by Gasteiger charge is -2.32. The van der Waals surface area contributed by atoms with E-state index in [4.69, 9.17) is 10.5 Å². The van der Waals surface area contributed by atoms with E-state index in [1.165, 1.54) is 6.07 Å². The number of halogens is 7. The normalized spacial score (nSPS) is 24.5. The van der Waals surface area contributed by atoms with Gasteiger partial charge >= 0.3 is 12.8 Å². The minimum atomic E-state index is -5.04. The molecule has 4 atom stereocenters. The van der Waals surface area contributed by atoms with Crippen LogP contribution in [0.5, 0.6) is 5.75 Å². The van der Waals surface area contributed by atoms with Crippen molar-refractivity contribution in [3.8, 4) is 5.75 Å². The molecule has 0 unspecified atom stereocenters. The number of rotatable bonds is 6. The monoisotopic (exact) mass is 509 g/mol. The Kier molecular flexibility index (Phi) is 6.97. The largest absolute Gasteiger partial charge is 0.431 e. The number of hydrogen-bond donors (Lipinski definition) is 2. The van der Waals surface area contributed by atoms with Crippen molar-refractivity contribution in [3.63, 3.8) is 0 Å². The van der Waals surface area contributed by atoms with E-state index in [0.717, 1.165) is 25.3 Å². The fraction of sp³-hybridized carbons (Fsp3) is 0.381. The molecule has 7 nitrogen and oxygen atoms in total. The van der Waals surface area contributed by atoms with Gasteiger partial charge in [0, 0.05) is 29.3 Å². The van der Waals surface area contributed by atoms with Crippen molar-refractivity contribution in [1.29, 1.82) is 0 Å². The first kappa shape index (κ1) is 26.2. The molecule has 0 bridgehead atoms. The van der Waals surface area contributed by atoms with Gasteiger partial charge in [0.05, 0.1) is 0 Å². The van der Waals surface area contributed by atoms with Crippen LogP contribution in [0.4, 0.5) is 36.4 Å². The van der Waals surface area contributed by atoms with E-state index in [0.29, 0.717) is 13.0 Å². The molecule has 3 rings (SSSR count). The molecular weight excluding hydrogens is 491 g/mol. The predicted molar refractivity (Wildman–Crippen MR) is 106 cm³/mol. The number of amides is 2. The second-order valence-electron chi connectivity index (χ2n) is 7.90. The first-order valence-electron chi connectivity index (χ1n) is 9.91. The Balaban J connectivity index is 2.10. The Morgan fingerprint density at radius 2 is 1.89 bits per heavy atom. The summed E-state index contributed by atoms with van der Waals surface area (Å²) in [5, 5.41) is 2.24. The van der Waals surface area contributed by atoms with E-state index in [1.807, 2.05) is 0 Å². The Morgan fingerprint density at radius 3 is 2.46 bits per heavy atom. The molecule has 1 aliphatic rings. The number of anilines is 1. The molecule has 3 N–H and O–H groups in total. The van der Waals surface area contributed by atoms with Gasteiger partial charge in [-0.15, -0.1) is 0 Å². The first-order chi connectivity index (χ1) is 16.2. The van der Waals surface area contributed by atoms with Gasteiger partial charge < -0.3 is 20.5 Å². The minimum Gasteiger partial charge on any atom is -0.431 e. The van der Waals surface area contributed by atoms with E-state index in [9.17, 15) is 40.3 Å². The molecular formula is C21H18F7N3O4. The highest BCUT2D eigenvalue weighted by molar-refractivity contribution is 5.97. The lowest BCUT2D eigenvalue weighted by molar-refractivity contribution is -0.272. The van der Waals surface area contributed by atoms with E-state index < -0.39 is 71.1 Å². The topological polar surface area (TPSA) is 104 Å². The number of carbonyl (C=O) groups is 2.